The number of alkyl halides is 1. The van der Waals surface area contributed by atoms with Crippen LogP contribution in [0.25, 0.3) is 0 Å². The predicted octanol–water partition coefficient (Wildman–Crippen LogP) is 2.51. The van der Waals surface area contributed by atoms with E-state index in [0.717, 1.165) is 13.1 Å². The fourth-order valence-electron chi connectivity index (χ4n) is 0.675. The molecule has 0 atom stereocenters. The average molecular weight is 208 g/mol. The van der Waals surface area contributed by atoms with E-state index >= 15 is 0 Å². The van der Waals surface area contributed by atoms with Crippen molar-refractivity contribution in [3.63, 3.8) is 0 Å². The molecule has 0 radical (unpaired) electrons. The molecule has 1 nitrogen and oxygen atoms in total. The highest BCUT2D eigenvalue weighted by Crippen LogP contribution is 2.19. The van der Waals surface area contributed by atoms with E-state index in [1.165, 1.54) is 0 Å². The van der Waals surface area contributed by atoms with Crippen molar-refractivity contribution in [3.8, 4) is 0 Å². The minimum atomic E-state index is 0.328. The number of nitrogens with one attached hydrogen (secondary N) is 1. The molecule has 0 unspecified atom stereocenters. The molecule has 0 rings (SSSR count). The van der Waals surface area contributed by atoms with Crippen LogP contribution in [0.2, 0.25) is 0 Å². The Labute approximate surface area is 84.9 Å². The smallest absolute Gasteiger partial charge is 0.0404 e. The van der Waals surface area contributed by atoms with E-state index < -0.39 is 0 Å². The van der Waals surface area contributed by atoms with Gasteiger partial charge >= 0.3 is 0 Å². The molecule has 0 aliphatic carbocycles. The molecule has 0 heterocycles. The van der Waals surface area contributed by atoms with Crippen LogP contribution in [-0.4, -0.2) is 30.0 Å². The third kappa shape index (κ3) is 7.01. The Morgan fingerprint density at radius 1 is 1.42 bits per heavy atom. The standard InChI is InChI=1S/C9H18ClNS/c1-9(2,12-3)8-11-7-5-4-6-10/h4-5,11H,6-8H2,1-3H3/b5-4+. The Morgan fingerprint density at radius 3 is 2.58 bits per heavy atom. The number of thioether (sulfide) groups is 1. The molecule has 0 aromatic rings. The van der Waals surface area contributed by atoms with Gasteiger partial charge in [-0.05, 0) is 20.1 Å². The molecule has 3 heteroatoms. The number of hydrogen-bond donors (Lipinski definition) is 1. The first kappa shape index (κ1) is 12.3. The molecule has 0 saturated heterocycles. The van der Waals surface area contributed by atoms with Crippen LogP contribution >= 0.6 is 23.4 Å². The predicted molar refractivity (Wildman–Crippen MR) is 60.3 cm³/mol. The van der Waals surface area contributed by atoms with Gasteiger partial charge in [-0.15, -0.1) is 11.6 Å². The lowest BCUT2D eigenvalue weighted by Gasteiger charge is -2.21. The lowest BCUT2D eigenvalue weighted by molar-refractivity contribution is 0.621. The Bertz CT molecular complexity index is 134. The van der Waals surface area contributed by atoms with E-state index in [9.17, 15) is 0 Å². The Balaban J connectivity index is 3.36. The first-order valence-electron chi connectivity index (χ1n) is 4.09. The van der Waals surface area contributed by atoms with Crippen molar-refractivity contribution in [2.45, 2.75) is 18.6 Å². The minimum Gasteiger partial charge on any atom is -0.312 e. The van der Waals surface area contributed by atoms with Crippen LogP contribution in [0.15, 0.2) is 12.2 Å². The van der Waals surface area contributed by atoms with Gasteiger partial charge in [-0.25, -0.2) is 0 Å². The molecule has 0 aliphatic heterocycles. The molecule has 0 bridgehead atoms. The first-order chi connectivity index (χ1) is 5.62. The Hall–Kier alpha value is 0.340. The van der Waals surface area contributed by atoms with Gasteiger partial charge in [0.1, 0.15) is 0 Å². The molecular weight excluding hydrogens is 190 g/mol. The van der Waals surface area contributed by atoms with E-state index in [1.54, 1.807) is 0 Å². The number of allylic oxidation sites excluding steroid dienone is 1. The molecule has 0 amide bonds. The molecule has 0 spiro atoms. The van der Waals surface area contributed by atoms with Gasteiger partial charge in [0, 0.05) is 23.7 Å². The average Bonchev–Trinajstić information content (AvgIpc) is 2.04. The van der Waals surface area contributed by atoms with E-state index in [0.29, 0.717) is 10.6 Å². The molecule has 72 valence electrons. The van der Waals surface area contributed by atoms with E-state index in [1.807, 2.05) is 17.8 Å². The summed E-state index contributed by atoms with van der Waals surface area (Å²) in [6.07, 6.45) is 6.15. The summed E-state index contributed by atoms with van der Waals surface area (Å²) in [7, 11) is 0. The van der Waals surface area contributed by atoms with Crippen LogP contribution in [0.1, 0.15) is 13.8 Å². The zero-order valence-corrected chi connectivity index (χ0v) is 9.63. The van der Waals surface area contributed by atoms with Gasteiger partial charge in [-0.3, -0.25) is 0 Å². The Kier molecular flexibility index (Phi) is 7.01. The van der Waals surface area contributed by atoms with Crippen LogP contribution in [0.4, 0.5) is 0 Å². The summed E-state index contributed by atoms with van der Waals surface area (Å²) in [6.45, 7) is 6.41. The maximum atomic E-state index is 5.48. The van der Waals surface area contributed by atoms with Crippen molar-refractivity contribution in [2.24, 2.45) is 0 Å². The monoisotopic (exact) mass is 207 g/mol. The molecule has 0 aliphatic rings. The molecule has 12 heavy (non-hydrogen) atoms. The SMILES string of the molecule is CSC(C)(C)CNC/C=C/CCl. The summed E-state index contributed by atoms with van der Waals surface area (Å²) in [5.41, 5.74) is 0. The van der Waals surface area contributed by atoms with Crippen LogP contribution < -0.4 is 5.32 Å². The molecule has 0 saturated carbocycles. The van der Waals surface area contributed by atoms with Crippen molar-refractivity contribution < 1.29 is 0 Å². The summed E-state index contributed by atoms with van der Waals surface area (Å²) in [5.74, 6) is 0.605. The molecule has 0 aromatic heterocycles. The van der Waals surface area contributed by atoms with Crippen molar-refractivity contribution in [3.05, 3.63) is 12.2 Å². The number of halogens is 1. The summed E-state index contributed by atoms with van der Waals surface area (Å²) in [6, 6.07) is 0. The van der Waals surface area contributed by atoms with Crippen molar-refractivity contribution in [1.82, 2.24) is 5.32 Å². The zero-order chi connectivity index (χ0) is 9.45. The second kappa shape index (κ2) is 6.81. The fourth-order valence-corrected chi connectivity index (χ4v) is 1.05. The third-order valence-electron chi connectivity index (χ3n) is 1.62. The van der Waals surface area contributed by atoms with Crippen molar-refractivity contribution in [2.75, 3.05) is 25.2 Å². The highest BCUT2D eigenvalue weighted by Gasteiger charge is 2.13. The van der Waals surface area contributed by atoms with Gasteiger partial charge in [-0.2, -0.15) is 11.8 Å². The van der Waals surface area contributed by atoms with Gasteiger partial charge in [-0.1, -0.05) is 12.2 Å². The topological polar surface area (TPSA) is 12.0 Å². The zero-order valence-electron chi connectivity index (χ0n) is 8.06. The maximum Gasteiger partial charge on any atom is 0.0404 e. The molecular formula is C9H18ClNS. The normalized spacial score (nSPS) is 12.7. The first-order valence-corrected chi connectivity index (χ1v) is 5.85. The molecule has 0 aromatic carbocycles. The fraction of sp³-hybridized carbons (Fsp3) is 0.778. The summed E-state index contributed by atoms with van der Waals surface area (Å²) < 4.78 is 0.328. The van der Waals surface area contributed by atoms with Gasteiger partial charge in [0.05, 0.1) is 0 Å². The van der Waals surface area contributed by atoms with Gasteiger partial charge < -0.3 is 5.32 Å². The minimum absolute atomic E-state index is 0.328. The van der Waals surface area contributed by atoms with Gasteiger partial charge in [0.25, 0.3) is 0 Å². The van der Waals surface area contributed by atoms with Crippen molar-refractivity contribution in [1.29, 1.82) is 0 Å². The quantitative estimate of drug-likeness (QED) is 0.408. The van der Waals surface area contributed by atoms with E-state index in [-0.39, 0.29) is 0 Å². The summed E-state index contributed by atoms with van der Waals surface area (Å²) in [5, 5.41) is 3.35. The highest BCUT2D eigenvalue weighted by atomic mass is 35.5. The lowest BCUT2D eigenvalue weighted by atomic mass is 10.2. The van der Waals surface area contributed by atoms with Crippen LogP contribution in [0, 0.1) is 0 Å². The number of rotatable bonds is 6. The second-order valence-electron chi connectivity index (χ2n) is 3.22. The highest BCUT2D eigenvalue weighted by molar-refractivity contribution is 7.99. The summed E-state index contributed by atoms with van der Waals surface area (Å²) >= 11 is 7.36. The molecule has 0 fully saturated rings. The van der Waals surface area contributed by atoms with E-state index in [4.69, 9.17) is 11.6 Å². The number of hydrogen-bond acceptors (Lipinski definition) is 2. The van der Waals surface area contributed by atoms with Crippen molar-refractivity contribution >= 4 is 23.4 Å². The molecule has 1 N–H and O–H groups in total. The van der Waals surface area contributed by atoms with Crippen LogP contribution in [0.3, 0.4) is 0 Å². The Morgan fingerprint density at radius 2 is 2.08 bits per heavy atom. The van der Waals surface area contributed by atoms with E-state index in [2.05, 4.69) is 31.5 Å². The third-order valence-corrected chi connectivity index (χ3v) is 3.05. The maximum absolute atomic E-state index is 5.48. The van der Waals surface area contributed by atoms with Crippen LogP contribution in [0.5, 0.6) is 0 Å². The summed E-state index contributed by atoms with van der Waals surface area (Å²) in [4.78, 5) is 0. The van der Waals surface area contributed by atoms with Gasteiger partial charge in [0.15, 0.2) is 0 Å². The second-order valence-corrected chi connectivity index (χ2v) is 5.04. The van der Waals surface area contributed by atoms with Crippen LogP contribution in [-0.2, 0) is 0 Å². The lowest BCUT2D eigenvalue weighted by Crippen LogP contribution is -2.31. The van der Waals surface area contributed by atoms with Gasteiger partial charge in [0.2, 0.25) is 0 Å². The largest absolute Gasteiger partial charge is 0.312 e.